The molecule has 3 rings (SSSR count). The van der Waals surface area contributed by atoms with E-state index in [0.717, 1.165) is 11.9 Å². The van der Waals surface area contributed by atoms with Crippen LogP contribution >= 0.6 is 0 Å². The number of benzene rings is 1. The van der Waals surface area contributed by atoms with Crippen molar-refractivity contribution < 1.29 is 4.39 Å². The highest BCUT2D eigenvalue weighted by Crippen LogP contribution is 2.37. The zero-order chi connectivity index (χ0) is 12.7. The molecule has 0 amide bonds. The van der Waals surface area contributed by atoms with Gasteiger partial charge in [-0.1, -0.05) is 25.8 Å². The Morgan fingerprint density at radius 2 is 2.11 bits per heavy atom. The highest BCUT2D eigenvalue weighted by molar-refractivity contribution is 5.79. The van der Waals surface area contributed by atoms with Crippen LogP contribution in [0.5, 0.6) is 0 Å². The molecule has 1 heterocycles. The molecule has 1 aromatic carbocycles. The van der Waals surface area contributed by atoms with E-state index in [4.69, 9.17) is 5.73 Å². The van der Waals surface area contributed by atoms with Gasteiger partial charge >= 0.3 is 0 Å². The molecular formula is C14H18FN3. The molecule has 0 radical (unpaired) electrons. The van der Waals surface area contributed by atoms with Gasteiger partial charge in [-0.05, 0) is 30.9 Å². The van der Waals surface area contributed by atoms with Gasteiger partial charge in [-0.3, -0.25) is 0 Å². The van der Waals surface area contributed by atoms with E-state index in [1.54, 1.807) is 6.07 Å². The second-order valence-corrected chi connectivity index (χ2v) is 5.28. The second-order valence-electron chi connectivity index (χ2n) is 5.28. The van der Waals surface area contributed by atoms with Gasteiger partial charge < -0.3 is 10.3 Å². The number of fused-ring (bicyclic) bond motifs is 1. The molecule has 1 aliphatic carbocycles. The lowest BCUT2D eigenvalue weighted by molar-refractivity contribution is 0.264. The van der Waals surface area contributed by atoms with Crippen molar-refractivity contribution in [1.82, 2.24) is 9.55 Å². The summed E-state index contributed by atoms with van der Waals surface area (Å²) in [5.41, 5.74) is 7.22. The third kappa shape index (κ3) is 1.67. The fourth-order valence-electron chi connectivity index (χ4n) is 3.13. The molecule has 0 saturated heterocycles. The van der Waals surface area contributed by atoms with E-state index < -0.39 is 0 Å². The molecule has 1 saturated carbocycles. The average Bonchev–Trinajstić information content (AvgIpc) is 2.68. The van der Waals surface area contributed by atoms with Crippen molar-refractivity contribution in [2.24, 2.45) is 5.92 Å². The van der Waals surface area contributed by atoms with Crippen molar-refractivity contribution in [3.8, 4) is 0 Å². The number of hydrogen-bond donors (Lipinski definition) is 1. The predicted molar refractivity (Wildman–Crippen MR) is 70.8 cm³/mol. The molecule has 0 spiro atoms. The number of nitrogens with zero attached hydrogens (tertiary/aromatic N) is 2. The van der Waals surface area contributed by atoms with E-state index in [1.807, 2.05) is 10.6 Å². The molecule has 1 fully saturated rings. The molecule has 2 aromatic rings. The summed E-state index contributed by atoms with van der Waals surface area (Å²) in [4.78, 5) is 4.19. The van der Waals surface area contributed by atoms with Crippen molar-refractivity contribution in [3.05, 3.63) is 24.0 Å². The largest absolute Gasteiger partial charge is 0.369 e. The summed E-state index contributed by atoms with van der Waals surface area (Å²) in [6.45, 7) is 2.24. The molecule has 2 N–H and O–H groups in total. The lowest BCUT2D eigenvalue weighted by Gasteiger charge is -2.30. The number of rotatable bonds is 1. The average molecular weight is 247 g/mol. The number of aromatic nitrogens is 2. The van der Waals surface area contributed by atoms with Crippen molar-refractivity contribution in [1.29, 1.82) is 0 Å². The van der Waals surface area contributed by atoms with Crippen LogP contribution in [0.15, 0.2) is 18.2 Å². The number of halogens is 1. The van der Waals surface area contributed by atoms with Gasteiger partial charge in [-0.25, -0.2) is 9.37 Å². The summed E-state index contributed by atoms with van der Waals surface area (Å²) in [5, 5.41) is 0. The van der Waals surface area contributed by atoms with E-state index in [-0.39, 0.29) is 5.82 Å². The van der Waals surface area contributed by atoms with Crippen molar-refractivity contribution in [2.45, 2.75) is 38.6 Å². The van der Waals surface area contributed by atoms with Gasteiger partial charge in [0.25, 0.3) is 0 Å². The normalized spacial score (nSPS) is 24.6. The highest BCUT2D eigenvalue weighted by atomic mass is 19.1. The fraction of sp³-hybridized carbons (Fsp3) is 0.500. The zero-order valence-electron chi connectivity index (χ0n) is 10.6. The van der Waals surface area contributed by atoms with Crippen LogP contribution in [0.25, 0.3) is 11.0 Å². The van der Waals surface area contributed by atoms with E-state index in [0.29, 0.717) is 23.4 Å². The van der Waals surface area contributed by atoms with Gasteiger partial charge in [0.1, 0.15) is 5.52 Å². The molecule has 4 heteroatoms. The van der Waals surface area contributed by atoms with Gasteiger partial charge in [0.15, 0.2) is 5.82 Å². The lowest BCUT2D eigenvalue weighted by atomic mass is 9.85. The summed E-state index contributed by atoms with van der Waals surface area (Å²) < 4.78 is 15.7. The monoisotopic (exact) mass is 247 g/mol. The van der Waals surface area contributed by atoms with Crippen LogP contribution in [0, 0.1) is 11.7 Å². The summed E-state index contributed by atoms with van der Waals surface area (Å²) >= 11 is 0. The maximum absolute atomic E-state index is 13.7. The second kappa shape index (κ2) is 4.26. The summed E-state index contributed by atoms with van der Waals surface area (Å²) in [5.74, 6) is 0.719. The van der Waals surface area contributed by atoms with Gasteiger partial charge in [-0.15, -0.1) is 0 Å². The van der Waals surface area contributed by atoms with Gasteiger partial charge in [0, 0.05) is 6.04 Å². The van der Waals surface area contributed by atoms with Gasteiger partial charge in [0.2, 0.25) is 5.95 Å². The van der Waals surface area contributed by atoms with E-state index >= 15 is 0 Å². The number of anilines is 1. The lowest BCUT2D eigenvalue weighted by Crippen LogP contribution is -2.22. The van der Waals surface area contributed by atoms with Crippen LogP contribution in [-0.2, 0) is 0 Å². The highest BCUT2D eigenvalue weighted by Gasteiger charge is 2.26. The van der Waals surface area contributed by atoms with Crippen molar-refractivity contribution in [3.63, 3.8) is 0 Å². The minimum Gasteiger partial charge on any atom is -0.369 e. The maximum atomic E-state index is 13.7. The van der Waals surface area contributed by atoms with E-state index in [1.165, 1.54) is 25.3 Å². The molecule has 96 valence electrons. The van der Waals surface area contributed by atoms with Gasteiger partial charge in [-0.2, -0.15) is 0 Å². The van der Waals surface area contributed by atoms with E-state index in [2.05, 4.69) is 11.9 Å². The quantitative estimate of drug-likeness (QED) is 0.838. The van der Waals surface area contributed by atoms with E-state index in [9.17, 15) is 4.39 Å². The molecule has 0 aliphatic heterocycles. The molecule has 2 unspecified atom stereocenters. The van der Waals surface area contributed by atoms with Crippen LogP contribution < -0.4 is 5.73 Å². The Hall–Kier alpha value is -1.58. The third-order valence-electron chi connectivity index (χ3n) is 4.10. The van der Waals surface area contributed by atoms with Crippen LogP contribution in [0.4, 0.5) is 10.3 Å². The van der Waals surface area contributed by atoms with Gasteiger partial charge in [0.05, 0.1) is 5.52 Å². The first-order chi connectivity index (χ1) is 8.68. The Morgan fingerprint density at radius 3 is 2.89 bits per heavy atom. The smallest absolute Gasteiger partial charge is 0.201 e. The summed E-state index contributed by atoms with van der Waals surface area (Å²) in [6, 6.07) is 5.42. The standard InChI is InChI=1S/C14H18FN3/c1-9-5-2-3-7-11(9)18-12-8-4-6-10(15)13(12)17-14(18)16/h4,6,8-9,11H,2-3,5,7H2,1H3,(H2,16,17). The third-order valence-corrected chi connectivity index (χ3v) is 4.10. The Morgan fingerprint density at radius 1 is 1.33 bits per heavy atom. The molecule has 0 bridgehead atoms. The summed E-state index contributed by atoms with van der Waals surface area (Å²) in [7, 11) is 0. The zero-order valence-corrected chi connectivity index (χ0v) is 10.6. The van der Waals surface area contributed by atoms with Crippen LogP contribution in [0.2, 0.25) is 0 Å². The van der Waals surface area contributed by atoms with Crippen LogP contribution in [0.1, 0.15) is 38.6 Å². The number of para-hydroxylation sites is 1. The maximum Gasteiger partial charge on any atom is 0.201 e. The first-order valence-electron chi connectivity index (χ1n) is 6.60. The van der Waals surface area contributed by atoms with Crippen molar-refractivity contribution >= 4 is 17.0 Å². The number of nitrogens with two attached hydrogens (primary N) is 1. The number of imidazole rings is 1. The Labute approximate surface area is 106 Å². The van der Waals surface area contributed by atoms with Crippen LogP contribution in [0.3, 0.4) is 0 Å². The number of nitrogen functional groups attached to an aromatic ring is 1. The SMILES string of the molecule is CC1CCCCC1n1c(N)nc2c(F)cccc21. The minimum absolute atomic E-state index is 0.290. The fourth-order valence-corrected chi connectivity index (χ4v) is 3.13. The first-order valence-corrected chi connectivity index (χ1v) is 6.60. The first kappa shape index (κ1) is 11.5. The topological polar surface area (TPSA) is 43.8 Å². The molecular weight excluding hydrogens is 229 g/mol. The predicted octanol–water partition coefficient (Wildman–Crippen LogP) is 3.51. The Bertz CT molecular complexity index is 576. The summed E-state index contributed by atoms with van der Waals surface area (Å²) in [6.07, 6.45) is 4.80. The minimum atomic E-state index is -0.290. The Kier molecular flexibility index (Phi) is 2.73. The molecule has 3 nitrogen and oxygen atoms in total. The molecule has 2 atom stereocenters. The molecule has 1 aliphatic rings. The number of hydrogen-bond acceptors (Lipinski definition) is 2. The Balaban J connectivity index is 2.16. The molecule has 1 aromatic heterocycles. The molecule has 18 heavy (non-hydrogen) atoms. The van der Waals surface area contributed by atoms with Crippen molar-refractivity contribution in [2.75, 3.05) is 5.73 Å². The van der Waals surface area contributed by atoms with Crippen LogP contribution in [-0.4, -0.2) is 9.55 Å².